The largest absolute Gasteiger partial charge is 0.467 e. The summed E-state index contributed by atoms with van der Waals surface area (Å²) in [7, 11) is 1.33. The lowest BCUT2D eigenvalue weighted by molar-refractivity contribution is -0.146. The first-order chi connectivity index (χ1) is 10.5. The van der Waals surface area contributed by atoms with Gasteiger partial charge in [0.2, 0.25) is 5.91 Å². The van der Waals surface area contributed by atoms with Crippen LogP contribution in [-0.2, 0) is 14.3 Å². The highest BCUT2D eigenvalue weighted by Gasteiger charge is 2.34. The van der Waals surface area contributed by atoms with E-state index in [9.17, 15) is 9.59 Å². The minimum Gasteiger partial charge on any atom is -0.467 e. The zero-order valence-corrected chi connectivity index (χ0v) is 13.3. The number of ether oxygens (including phenoxy) is 1. The molecule has 1 aliphatic rings. The average molecular weight is 305 g/mol. The number of hydrogen-bond acceptors (Lipinski definition) is 5. The van der Waals surface area contributed by atoms with Crippen molar-refractivity contribution in [3.63, 3.8) is 0 Å². The van der Waals surface area contributed by atoms with E-state index in [1.54, 1.807) is 6.20 Å². The Bertz CT molecular complexity index is 519. The Balaban J connectivity index is 2.09. The third kappa shape index (κ3) is 3.55. The van der Waals surface area contributed by atoms with Gasteiger partial charge in [0.1, 0.15) is 17.9 Å². The smallest absolute Gasteiger partial charge is 0.328 e. The number of nitrogens with zero attached hydrogens (tertiary/aromatic N) is 2. The molecule has 1 aromatic rings. The van der Waals surface area contributed by atoms with Crippen molar-refractivity contribution >= 4 is 17.7 Å². The Kier molecular flexibility index (Phi) is 5.35. The van der Waals surface area contributed by atoms with Gasteiger partial charge in [0.15, 0.2) is 0 Å². The molecule has 2 atom stereocenters. The first-order valence-corrected chi connectivity index (χ1v) is 7.60. The van der Waals surface area contributed by atoms with Crippen LogP contribution in [-0.4, -0.2) is 42.6 Å². The van der Waals surface area contributed by atoms with E-state index in [-0.39, 0.29) is 17.9 Å². The Morgan fingerprint density at radius 3 is 2.77 bits per heavy atom. The molecule has 0 aliphatic carbocycles. The summed E-state index contributed by atoms with van der Waals surface area (Å²) in [6, 6.07) is 4.73. The fourth-order valence-corrected chi connectivity index (χ4v) is 2.71. The number of methoxy groups -OCH3 is 1. The third-order valence-corrected chi connectivity index (χ3v) is 3.92. The molecule has 0 radical (unpaired) electrons. The van der Waals surface area contributed by atoms with Crippen LogP contribution in [0, 0.1) is 5.92 Å². The van der Waals surface area contributed by atoms with Gasteiger partial charge >= 0.3 is 5.97 Å². The number of pyridine rings is 1. The zero-order valence-electron chi connectivity index (χ0n) is 13.3. The lowest BCUT2D eigenvalue weighted by Gasteiger charge is -2.27. The minimum absolute atomic E-state index is 0.0268. The van der Waals surface area contributed by atoms with E-state index in [0.717, 1.165) is 25.2 Å². The van der Waals surface area contributed by atoms with Crippen molar-refractivity contribution in [1.29, 1.82) is 0 Å². The van der Waals surface area contributed by atoms with Gasteiger partial charge in [-0.05, 0) is 30.9 Å². The molecule has 0 bridgehead atoms. The monoisotopic (exact) mass is 305 g/mol. The number of rotatable bonds is 5. The quantitative estimate of drug-likeness (QED) is 0.832. The van der Waals surface area contributed by atoms with E-state index < -0.39 is 12.0 Å². The molecule has 1 aliphatic heterocycles. The second-order valence-electron chi connectivity index (χ2n) is 5.79. The van der Waals surface area contributed by atoms with E-state index in [1.807, 2.05) is 36.9 Å². The second-order valence-corrected chi connectivity index (χ2v) is 5.79. The maximum atomic E-state index is 12.6. The van der Waals surface area contributed by atoms with Gasteiger partial charge in [-0.15, -0.1) is 0 Å². The van der Waals surface area contributed by atoms with Gasteiger partial charge in [-0.2, -0.15) is 0 Å². The van der Waals surface area contributed by atoms with Gasteiger partial charge in [-0.25, -0.2) is 9.78 Å². The van der Waals surface area contributed by atoms with E-state index in [4.69, 9.17) is 4.74 Å². The normalized spacial score (nSPS) is 19.1. The van der Waals surface area contributed by atoms with Crippen LogP contribution < -0.4 is 10.2 Å². The fourth-order valence-electron chi connectivity index (χ4n) is 2.71. The number of aromatic nitrogens is 1. The summed E-state index contributed by atoms with van der Waals surface area (Å²) >= 11 is 0. The van der Waals surface area contributed by atoms with Crippen molar-refractivity contribution in [3.8, 4) is 0 Å². The lowest BCUT2D eigenvalue weighted by Crippen LogP contribution is -2.51. The van der Waals surface area contributed by atoms with Crippen LogP contribution in [0.5, 0.6) is 0 Å². The van der Waals surface area contributed by atoms with Gasteiger partial charge in [0.25, 0.3) is 0 Å². The molecule has 0 spiro atoms. The van der Waals surface area contributed by atoms with Gasteiger partial charge in [-0.3, -0.25) is 4.79 Å². The SMILES string of the molecule is COC(=O)[C@@H](NC(=O)[C@@H]1CCCN1c1ccccn1)C(C)C. The molecule has 0 unspecified atom stereocenters. The molecule has 120 valence electrons. The maximum Gasteiger partial charge on any atom is 0.328 e. The summed E-state index contributed by atoms with van der Waals surface area (Å²) in [6.07, 6.45) is 3.40. The lowest BCUT2D eigenvalue weighted by atomic mass is 10.0. The first-order valence-electron chi connectivity index (χ1n) is 7.60. The molecule has 1 fully saturated rings. The number of esters is 1. The van der Waals surface area contributed by atoms with Crippen LogP contribution in [0.1, 0.15) is 26.7 Å². The molecule has 2 heterocycles. The van der Waals surface area contributed by atoms with E-state index in [0.29, 0.717) is 0 Å². The number of hydrogen-bond donors (Lipinski definition) is 1. The van der Waals surface area contributed by atoms with Crippen LogP contribution >= 0.6 is 0 Å². The number of anilines is 1. The topological polar surface area (TPSA) is 71.5 Å². The summed E-state index contributed by atoms with van der Waals surface area (Å²) in [5.41, 5.74) is 0. The summed E-state index contributed by atoms with van der Waals surface area (Å²) in [6.45, 7) is 4.56. The molecular formula is C16H23N3O3. The van der Waals surface area contributed by atoms with Crippen LogP contribution in [0.3, 0.4) is 0 Å². The first kappa shape index (κ1) is 16.3. The Morgan fingerprint density at radius 1 is 1.41 bits per heavy atom. The molecule has 0 saturated carbocycles. The second kappa shape index (κ2) is 7.24. The molecule has 0 aromatic carbocycles. The molecule has 6 heteroatoms. The average Bonchev–Trinajstić information content (AvgIpc) is 3.02. The van der Waals surface area contributed by atoms with Gasteiger partial charge in [0.05, 0.1) is 7.11 Å². The summed E-state index contributed by atoms with van der Waals surface area (Å²) in [4.78, 5) is 30.7. The van der Waals surface area contributed by atoms with Gasteiger partial charge in [-0.1, -0.05) is 19.9 Å². The highest BCUT2D eigenvalue weighted by atomic mass is 16.5. The molecule has 2 rings (SSSR count). The van der Waals surface area contributed by atoms with Crippen LogP contribution in [0.25, 0.3) is 0 Å². The Hall–Kier alpha value is -2.11. The van der Waals surface area contributed by atoms with E-state index in [2.05, 4.69) is 10.3 Å². The van der Waals surface area contributed by atoms with Crippen LogP contribution in [0.2, 0.25) is 0 Å². The van der Waals surface area contributed by atoms with Crippen LogP contribution in [0.4, 0.5) is 5.82 Å². The number of carbonyl (C=O) groups is 2. The van der Waals surface area contributed by atoms with Gasteiger partial charge < -0.3 is 15.0 Å². The predicted molar refractivity (Wildman–Crippen MR) is 83.4 cm³/mol. The summed E-state index contributed by atoms with van der Waals surface area (Å²) < 4.78 is 4.77. The van der Waals surface area contributed by atoms with Crippen molar-refractivity contribution in [3.05, 3.63) is 24.4 Å². The highest BCUT2D eigenvalue weighted by Crippen LogP contribution is 2.23. The number of nitrogens with one attached hydrogen (secondary N) is 1. The number of amides is 1. The summed E-state index contributed by atoms with van der Waals surface area (Å²) in [5, 5.41) is 2.83. The van der Waals surface area contributed by atoms with Crippen molar-refractivity contribution < 1.29 is 14.3 Å². The Labute approximate surface area is 130 Å². The van der Waals surface area contributed by atoms with E-state index >= 15 is 0 Å². The maximum absolute atomic E-state index is 12.6. The fraction of sp³-hybridized carbons (Fsp3) is 0.562. The number of carbonyl (C=O) groups excluding carboxylic acids is 2. The standard InChI is InChI=1S/C16H23N3O3/c1-11(2)14(16(21)22-3)18-15(20)12-7-6-10-19(12)13-8-4-5-9-17-13/h4-5,8-9,11-12,14H,6-7,10H2,1-3H3,(H,18,20)/t12-,14-/m0/s1. The molecule has 1 aromatic heterocycles. The molecule has 6 nitrogen and oxygen atoms in total. The van der Waals surface area contributed by atoms with Gasteiger partial charge in [0, 0.05) is 12.7 Å². The highest BCUT2D eigenvalue weighted by molar-refractivity contribution is 5.90. The van der Waals surface area contributed by atoms with Crippen molar-refractivity contribution in [1.82, 2.24) is 10.3 Å². The third-order valence-electron chi connectivity index (χ3n) is 3.92. The molecule has 1 saturated heterocycles. The van der Waals surface area contributed by atoms with E-state index in [1.165, 1.54) is 7.11 Å². The van der Waals surface area contributed by atoms with Crippen molar-refractivity contribution in [2.45, 2.75) is 38.8 Å². The predicted octanol–water partition coefficient (Wildman–Crippen LogP) is 1.36. The molecule has 1 amide bonds. The minimum atomic E-state index is -0.622. The Morgan fingerprint density at radius 2 is 2.18 bits per heavy atom. The zero-order chi connectivity index (χ0) is 16.1. The summed E-state index contributed by atoms with van der Waals surface area (Å²) in [5.74, 6) is 0.207. The molecule has 1 N–H and O–H groups in total. The molecule has 22 heavy (non-hydrogen) atoms. The molecular weight excluding hydrogens is 282 g/mol. The van der Waals surface area contributed by atoms with Crippen LogP contribution in [0.15, 0.2) is 24.4 Å². The van der Waals surface area contributed by atoms with Crippen molar-refractivity contribution in [2.24, 2.45) is 5.92 Å². The van der Waals surface area contributed by atoms with Crippen molar-refractivity contribution in [2.75, 3.05) is 18.6 Å².